The number of halogens is 2. The summed E-state index contributed by atoms with van der Waals surface area (Å²) in [4.78, 5) is 0. The normalized spacial score (nSPS) is 12.3. The van der Waals surface area contributed by atoms with E-state index in [-0.39, 0.29) is 6.04 Å². The van der Waals surface area contributed by atoms with Gasteiger partial charge in [0.15, 0.2) is 0 Å². The second-order valence-corrected chi connectivity index (χ2v) is 5.94. The van der Waals surface area contributed by atoms with Gasteiger partial charge in [-0.2, -0.15) is 0 Å². The van der Waals surface area contributed by atoms with Crippen LogP contribution in [0.2, 0.25) is 5.02 Å². The van der Waals surface area contributed by atoms with Gasteiger partial charge >= 0.3 is 0 Å². The van der Waals surface area contributed by atoms with E-state index in [4.69, 9.17) is 11.6 Å². The largest absolute Gasteiger partial charge is 0.307 e. The molecule has 1 rings (SSSR count). The Balaban J connectivity index is 3.03. The molecule has 0 spiro atoms. The number of hydrogen-bond donors (Lipinski definition) is 1. The predicted octanol–water partition coefficient (Wildman–Crippen LogP) is 4.95. The van der Waals surface area contributed by atoms with Gasteiger partial charge in [-0.25, -0.2) is 0 Å². The topological polar surface area (TPSA) is 12.0 Å². The monoisotopic (exact) mass is 363 g/mol. The molecular formula is C14H19ClIN. The summed E-state index contributed by atoms with van der Waals surface area (Å²) >= 11 is 8.44. The molecule has 1 nitrogen and oxygen atoms in total. The molecule has 17 heavy (non-hydrogen) atoms. The Morgan fingerprint density at radius 1 is 1.47 bits per heavy atom. The summed E-state index contributed by atoms with van der Waals surface area (Å²) in [6, 6.07) is 6.31. The summed E-state index contributed by atoms with van der Waals surface area (Å²) in [5.74, 6) is 0. The van der Waals surface area contributed by atoms with E-state index in [1.54, 1.807) is 0 Å². The van der Waals surface area contributed by atoms with Crippen LogP contribution in [-0.4, -0.2) is 6.54 Å². The standard InChI is InChI=1S/C14H19ClIN/c1-4-7-17-14(8-10(2)3)12-9-11(15)5-6-13(12)16/h5-6,8-9,14,17H,4,7H2,1-3H3. The van der Waals surface area contributed by atoms with Gasteiger partial charge in [0, 0.05) is 8.59 Å². The molecule has 0 saturated carbocycles. The molecule has 0 heterocycles. The van der Waals surface area contributed by atoms with Crippen molar-refractivity contribution in [2.75, 3.05) is 6.54 Å². The van der Waals surface area contributed by atoms with Crippen molar-refractivity contribution in [1.29, 1.82) is 0 Å². The van der Waals surface area contributed by atoms with E-state index in [1.807, 2.05) is 6.07 Å². The van der Waals surface area contributed by atoms with E-state index in [2.05, 4.69) is 66.9 Å². The minimum Gasteiger partial charge on any atom is -0.307 e. The Morgan fingerprint density at radius 2 is 2.18 bits per heavy atom. The summed E-state index contributed by atoms with van der Waals surface area (Å²) in [7, 11) is 0. The van der Waals surface area contributed by atoms with E-state index >= 15 is 0 Å². The fraction of sp³-hybridized carbons (Fsp3) is 0.429. The van der Waals surface area contributed by atoms with Crippen LogP contribution in [0.1, 0.15) is 38.8 Å². The van der Waals surface area contributed by atoms with Gasteiger partial charge in [0.05, 0.1) is 6.04 Å². The fourth-order valence-corrected chi connectivity index (χ4v) is 2.50. The highest BCUT2D eigenvalue weighted by Crippen LogP contribution is 2.25. The quantitative estimate of drug-likeness (QED) is 0.576. The maximum absolute atomic E-state index is 6.08. The van der Waals surface area contributed by atoms with Crippen LogP contribution in [0, 0.1) is 3.57 Å². The number of hydrogen-bond acceptors (Lipinski definition) is 1. The third-order valence-corrected chi connectivity index (χ3v) is 3.62. The lowest BCUT2D eigenvalue weighted by Gasteiger charge is -2.18. The highest BCUT2D eigenvalue weighted by atomic mass is 127. The van der Waals surface area contributed by atoms with Crippen molar-refractivity contribution in [3.63, 3.8) is 0 Å². The first-order valence-electron chi connectivity index (χ1n) is 5.88. The zero-order valence-corrected chi connectivity index (χ0v) is 13.5. The third kappa shape index (κ3) is 4.98. The molecule has 1 N–H and O–H groups in total. The van der Waals surface area contributed by atoms with Gasteiger partial charge in [0.25, 0.3) is 0 Å². The minimum absolute atomic E-state index is 0.255. The van der Waals surface area contributed by atoms with Gasteiger partial charge < -0.3 is 5.32 Å². The van der Waals surface area contributed by atoms with Crippen molar-refractivity contribution >= 4 is 34.2 Å². The maximum atomic E-state index is 6.08. The Hall–Kier alpha value is -0.0600. The van der Waals surface area contributed by atoms with Gasteiger partial charge in [-0.05, 0) is 73.2 Å². The van der Waals surface area contributed by atoms with Gasteiger partial charge in [-0.1, -0.05) is 30.2 Å². The van der Waals surface area contributed by atoms with Crippen LogP contribution in [0.25, 0.3) is 0 Å². The molecule has 0 aromatic heterocycles. The molecule has 3 heteroatoms. The van der Waals surface area contributed by atoms with Gasteiger partial charge in [0.1, 0.15) is 0 Å². The molecule has 0 amide bonds. The zero-order chi connectivity index (χ0) is 12.8. The lowest BCUT2D eigenvalue weighted by Crippen LogP contribution is -2.21. The van der Waals surface area contributed by atoms with Crippen molar-refractivity contribution < 1.29 is 0 Å². The molecule has 0 saturated heterocycles. The van der Waals surface area contributed by atoms with Crippen molar-refractivity contribution in [2.45, 2.75) is 33.2 Å². The lowest BCUT2D eigenvalue weighted by atomic mass is 10.0. The maximum Gasteiger partial charge on any atom is 0.0519 e. The molecule has 1 unspecified atom stereocenters. The van der Waals surface area contributed by atoms with E-state index in [0.29, 0.717) is 0 Å². The summed E-state index contributed by atoms with van der Waals surface area (Å²) in [5, 5.41) is 4.34. The van der Waals surface area contributed by atoms with Crippen molar-refractivity contribution in [1.82, 2.24) is 5.32 Å². The van der Waals surface area contributed by atoms with Crippen molar-refractivity contribution in [3.8, 4) is 0 Å². The van der Waals surface area contributed by atoms with Crippen LogP contribution in [-0.2, 0) is 0 Å². The smallest absolute Gasteiger partial charge is 0.0519 e. The van der Waals surface area contributed by atoms with Crippen LogP contribution in [0.3, 0.4) is 0 Å². The molecule has 0 bridgehead atoms. The Bertz CT molecular complexity index is 397. The molecule has 1 aromatic carbocycles. The van der Waals surface area contributed by atoms with Crippen LogP contribution in [0.15, 0.2) is 29.8 Å². The van der Waals surface area contributed by atoms with Gasteiger partial charge in [-0.3, -0.25) is 0 Å². The number of nitrogens with one attached hydrogen (secondary N) is 1. The van der Waals surface area contributed by atoms with Gasteiger partial charge in [-0.15, -0.1) is 0 Å². The lowest BCUT2D eigenvalue weighted by molar-refractivity contribution is 0.608. The first-order valence-corrected chi connectivity index (χ1v) is 7.33. The molecule has 0 fully saturated rings. The number of rotatable bonds is 5. The molecule has 0 aliphatic carbocycles. The molecule has 1 atom stereocenters. The average molecular weight is 364 g/mol. The Kier molecular flexibility index (Phi) is 6.52. The average Bonchev–Trinajstić information content (AvgIpc) is 2.27. The van der Waals surface area contributed by atoms with Crippen LogP contribution in [0.4, 0.5) is 0 Å². The summed E-state index contributed by atoms with van der Waals surface area (Å²) < 4.78 is 1.25. The highest BCUT2D eigenvalue weighted by molar-refractivity contribution is 14.1. The van der Waals surface area contributed by atoms with Crippen molar-refractivity contribution in [2.24, 2.45) is 0 Å². The van der Waals surface area contributed by atoms with E-state index < -0.39 is 0 Å². The van der Waals surface area contributed by atoms with Gasteiger partial charge in [0.2, 0.25) is 0 Å². The van der Waals surface area contributed by atoms with E-state index in [1.165, 1.54) is 14.7 Å². The molecule has 0 radical (unpaired) electrons. The summed E-state index contributed by atoms with van der Waals surface area (Å²) in [5.41, 5.74) is 2.57. The Labute approximate surface area is 123 Å². The number of allylic oxidation sites excluding steroid dienone is 1. The molecular weight excluding hydrogens is 345 g/mol. The molecule has 0 aliphatic rings. The van der Waals surface area contributed by atoms with Crippen molar-refractivity contribution in [3.05, 3.63) is 44.0 Å². The summed E-state index contributed by atoms with van der Waals surface area (Å²) in [6.07, 6.45) is 3.38. The predicted molar refractivity (Wildman–Crippen MR) is 84.6 cm³/mol. The van der Waals surface area contributed by atoms with Crippen LogP contribution < -0.4 is 5.32 Å². The van der Waals surface area contributed by atoms with E-state index in [0.717, 1.165) is 18.0 Å². The number of benzene rings is 1. The second kappa shape index (κ2) is 7.39. The van der Waals surface area contributed by atoms with Crippen LogP contribution in [0.5, 0.6) is 0 Å². The van der Waals surface area contributed by atoms with Crippen LogP contribution >= 0.6 is 34.2 Å². The fourth-order valence-electron chi connectivity index (χ4n) is 1.64. The third-order valence-electron chi connectivity index (χ3n) is 2.41. The first kappa shape index (κ1) is 15.0. The summed E-state index contributed by atoms with van der Waals surface area (Å²) in [6.45, 7) is 7.43. The Morgan fingerprint density at radius 3 is 2.76 bits per heavy atom. The zero-order valence-electron chi connectivity index (χ0n) is 10.6. The SMILES string of the molecule is CCCNC(C=C(C)C)c1cc(Cl)ccc1I. The molecule has 0 aliphatic heterocycles. The first-order chi connectivity index (χ1) is 8.04. The minimum atomic E-state index is 0.255. The molecule has 1 aromatic rings. The molecule has 94 valence electrons. The highest BCUT2D eigenvalue weighted by Gasteiger charge is 2.11. The second-order valence-electron chi connectivity index (χ2n) is 4.34. The van der Waals surface area contributed by atoms with E-state index in [9.17, 15) is 0 Å².